The van der Waals surface area contributed by atoms with E-state index in [1.165, 1.54) is 12.8 Å². The van der Waals surface area contributed by atoms with E-state index in [0.29, 0.717) is 48.0 Å². The van der Waals surface area contributed by atoms with Crippen molar-refractivity contribution in [3.05, 3.63) is 23.8 Å². The van der Waals surface area contributed by atoms with Gasteiger partial charge in [0.05, 0.1) is 30.9 Å². The molecule has 1 aromatic carbocycles. The molecule has 7 nitrogen and oxygen atoms in total. The number of amides is 1. The number of rotatable bonds is 3. The van der Waals surface area contributed by atoms with Gasteiger partial charge in [0, 0.05) is 18.1 Å². The molecular formula is C22H31ClN4O3. The van der Waals surface area contributed by atoms with Crippen LogP contribution in [0.2, 0.25) is 0 Å². The van der Waals surface area contributed by atoms with Crippen LogP contribution in [0.25, 0.3) is 11.1 Å². The number of benzene rings is 1. The van der Waals surface area contributed by atoms with Gasteiger partial charge in [0.1, 0.15) is 5.52 Å². The summed E-state index contributed by atoms with van der Waals surface area (Å²) in [7, 11) is 2.21. The van der Waals surface area contributed by atoms with Crippen molar-refractivity contribution in [2.24, 2.45) is 0 Å². The Hall–Kier alpha value is -1.83. The highest BCUT2D eigenvalue weighted by Gasteiger charge is 2.39. The van der Waals surface area contributed by atoms with Crippen LogP contribution in [0.1, 0.15) is 49.9 Å². The molecule has 8 heteroatoms. The minimum atomic E-state index is -0.0486. The van der Waals surface area contributed by atoms with Crippen molar-refractivity contribution in [2.75, 3.05) is 25.2 Å². The van der Waals surface area contributed by atoms with Crippen LogP contribution in [0.3, 0.4) is 0 Å². The summed E-state index contributed by atoms with van der Waals surface area (Å²) in [5, 5.41) is 3.27. The van der Waals surface area contributed by atoms with E-state index in [0.717, 1.165) is 12.8 Å². The lowest BCUT2D eigenvalue weighted by molar-refractivity contribution is 0.0727. The predicted octanol–water partition coefficient (Wildman–Crippen LogP) is 3.22. The van der Waals surface area contributed by atoms with E-state index in [2.05, 4.69) is 36.0 Å². The van der Waals surface area contributed by atoms with Crippen molar-refractivity contribution in [3.8, 4) is 0 Å². The molecule has 30 heavy (non-hydrogen) atoms. The Morgan fingerprint density at radius 3 is 2.47 bits per heavy atom. The Morgan fingerprint density at radius 1 is 1.13 bits per heavy atom. The number of anilines is 1. The Labute approximate surface area is 183 Å². The highest BCUT2D eigenvalue weighted by molar-refractivity contribution is 6.04. The summed E-state index contributed by atoms with van der Waals surface area (Å²) in [6.07, 6.45) is 4.54. The quantitative estimate of drug-likeness (QED) is 0.799. The maximum atomic E-state index is 13.1. The highest BCUT2D eigenvalue weighted by Crippen LogP contribution is 2.34. The lowest BCUT2D eigenvalue weighted by atomic mass is 9.97. The molecule has 0 radical (unpaired) electrons. The zero-order valence-electron chi connectivity index (χ0n) is 17.8. The first-order chi connectivity index (χ1) is 14.0. The molecule has 164 valence electrons. The van der Waals surface area contributed by atoms with E-state index in [1.807, 2.05) is 18.2 Å². The molecule has 3 aliphatic rings. The number of carbonyl (C=O) groups is 1. The second-order valence-corrected chi connectivity index (χ2v) is 8.98. The van der Waals surface area contributed by atoms with Gasteiger partial charge in [0.15, 0.2) is 5.58 Å². The number of aromatic nitrogens is 1. The number of oxazole rings is 1. The first kappa shape index (κ1) is 21.4. The standard InChI is InChI=1S/C22H30N4O3.ClH/c1-13-11-28-12-14(2)26(13)22-24-20-18(5-4-6-19(20)29-22)21(27)23-15-9-16-7-8-17(10-15)25(16)3;/h4-6,13-17H,7-12H2,1-3H3,(H,23,27);1H/t13-,14-,15?,16?,17?;/m0./s1. The van der Waals surface area contributed by atoms with Gasteiger partial charge in [0.2, 0.25) is 0 Å². The zero-order chi connectivity index (χ0) is 20.1. The van der Waals surface area contributed by atoms with E-state index in [1.54, 1.807) is 0 Å². The molecule has 3 saturated heterocycles. The lowest BCUT2D eigenvalue weighted by Gasteiger charge is -2.37. The Balaban J connectivity index is 0.00000218. The van der Waals surface area contributed by atoms with Crippen LogP contribution in [0.4, 0.5) is 6.01 Å². The number of hydrogen-bond acceptors (Lipinski definition) is 6. The summed E-state index contributed by atoms with van der Waals surface area (Å²) >= 11 is 0. The molecular weight excluding hydrogens is 404 g/mol. The van der Waals surface area contributed by atoms with E-state index in [9.17, 15) is 4.79 Å². The van der Waals surface area contributed by atoms with E-state index in [4.69, 9.17) is 14.1 Å². The van der Waals surface area contributed by atoms with Crippen LogP contribution in [0.15, 0.2) is 22.6 Å². The monoisotopic (exact) mass is 434 g/mol. The molecule has 0 saturated carbocycles. The van der Waals surface area contributed by atoms with Crippen molar-refractivity contribution in [1.29, 1.82) is 0 Å². The second-order valence-electron chi connectivity index (χ2n) is 8.98. The van der Waals surface area contributed by atoms with Crippen molar-refractivity contribution in [3.63, 3.8) is 0 Å². The number of nitrogens with zero attached hydrogens (tertiary/aromatic N) is 3. The van der Waals surface area contributed by atoms with Gasteiger partial charge in [-0.25, -0.2) is 0 Å². The smallest absolute Gasteiger partial charge is 0.299 e. The van der Waals surface area contributed by atoms with Crippen molar-refractivity contribution < 1.29 is 13.9 Å². The number of nitrogens with one attached hydrogen (secondary N) is 1. The maximum Gasteiger partial charge on any atom is 0.299 e. The number of piperidine rings is 1. The molecule has 4 heterocycles. The van der Waals surface area contributed by atoms with E-state index < -0.39 is 0 Å². The Bertz CT molecular complexity index is 895. The van der Waals surface area contributed by atoms with Crippen molar-refractivity contribution in [1.82, 2.24) is 15.2 Å². The van der Waals surface area contributed by atoms with Crippen LogP contribution in [0.5, 0.6) is 0 Å². The molecule has 0 aliphatic carbocycles. The molecule has 4 atom stereocenters. The third kappa shape index (κ3) is 3.67. The number of halogens is 1. The van der Waals surface area contributed by atoms with Crippen LogP contribution < -0.4 is 10.2 Å². The summed E-state index contributed by atoms with van der Waals surface area (Å²) in [5.41, 5.74) is 1.89. The average molecular weight is 435 g/mol. The number of ether oxygens (including phenoxy) is 1. The molecule has 1 amide bonds. The van der Waals surface area contributed by atoms with Crippen LogP contribution in [-0.4, -0.2) is 66.3 Å². The van der Waals surface area contributed by atoms with Gasteiger partial charge in [0.25, 0.3) is 11.9 Å². The van der Waals surface area contributed by atoms with Gasteiger partial charge in [-0.3, -0.25) is 4.79 Å². The first-order valence-electron chi connectivity index (χ1n) is 10.8. The van der Waals surface area contributed by atoms with Crippen LogP contribution >= 0.6 is 12.4 Å². The third-order valence-corrected chi connectivity index (χ3v) is 6.97. The number of para-hydroxylation sites is 1. The minimum Gasteiger partial charge on any atom is -0.423 e. The van der Waals surface area contributed by atoms with E-state index >= 15 is 0 Å². The molecule has 5 rings (SSSR count). The SMILES string of the molecule is C[C@H]1COC[C@H](C)N1c1nc2c(C(=O)NC3CC4CCC(C3)N4C)cccc2o1.Cl. The maximum absolute atomic E-state index is 13.1. The molecule has 2 unspecified atom stereocenters. The largest absolute Gasteiger partial charge is 0.423 e. The normalized spacial score (nSPS) is 31.6. The highest BCUT2D eigenvalue weighted by atomic mass is 35.5. The number of hydrogen-bond donors (Lipinski definition) is 1. The third-order valence-electron chi connectivity index (χ3n) is 6.97. The molecule has 2 aromatic rings. The van der Waals surface area contributed by atoms with Gasteiger partial charge in [-0.1, -0.05) is 6.07 Å². The fourth-order valence-corrected chi connectivity index (χ4v) is 5.40. The molecule has 3 fully saturated rings. The zero-order valence-corrected chi connectivity index (χ0v) is 18.7. The summed E-state index contributed by atoms with van der Waals surface area (Å²) in [6.45, 7) is 5.50. The van der Waals surface area contributed by atoms with Crippen LogP contribution in [-0.2, 0) is 4.74 Å². The Kier molecular flexibility index (Phi) is 5.97. The first-order valence-corrected chi connectivity index (χ1v) is 10.8. The predicted molar refractivity (Wildman–Crippen MR) is 119 cm³/mol. The lowest BCUT2D eigenvalue weighted by Crippen LogP contribution is -2.50. The molecule has 2 bridgehead atoms. The molecule has 0 spiro atoms. The minimum absolute atomic E-state index is 0. The van der Waals surface area contributed by atoms with Gasteiger partial charge in [-0.15, -0.1) is 12.4 Å². The second kappa shape index (κ2) is 8.36. The van der Waals surface area contributed by atoms with Crippen molar-refractivity contribution in [2.45, 2.75) is 69.7 Å². The topological polar surface area (TPSA) is 70.8 Å². The molecule has 1 aromatic heterocycles. The summed E-state index contributed by atoms with van der Waals surface area (Å²) in [6, 6.07) is 7.95. The summed E-state index contributed by atoms with van der Waals surface area (Å²) in [5.74, 6) is -0.0486. The van der Waals surface area contributed by atoms with E-state index in [-0.39, 0.29) is 36.4 Å². The molecule has 3 aliphatic heterocycles. The number of morpholine rings is 1. The van der Waals surface area contributed by atoms with Gasteiger partial charge >= 0.3 is 0 Å². The Morgan fingerprint density at radius 2 is 1.80 bits per heavy atom. The van der Waals surface area contributed by atoms with Gasteiger partial charge in [-0.05, 0) is 58.7 Å². The van der Waals surface area contributed by atoms with Gasteiger partial charge < -0.3 is 24.3 Å². The number of fused-ring (bicyclic) bond motifs is 3. The van der Waals surface area contributed by atoms with Gasteiger partial charge in [-0.2, -0.15) is 4.98 Å². The summed E-state index contributed by atoms with van der Waals surface area (Å²) < 4.78 is 11.7. The fraction of sp³-hybridized carbons (Fsp3) is 0.636. The van der Waals surface area contributed by atoms with Crippen molar-refractivity contribution >= 4 is 35.4 Å². The number of carbonyl (C=O) groups excluding carboxylic acids is 1. The summed E-state index contributed by atoms with van der Waals surface area (Å²) in [4.78, 5) is 22.5. The van der Waals surface area contributed by atoms with Crippen LogP contribution in [0, 0.1) is 0 Å². The fourth-order valence-electron chi connectivity index (χ4n) is 5.40. The average Bonchev–Trinajstić information content (AvgIpc) is 3.18. The molecule has 1 N–H and O–H groups in total.